The molecule has 0 fully saturated rings. The van der Waals surface area contributed by atoms with E-state index in [4.69, 9.17) is 16.6 Å². The largest absolute Gasteiger partial charge is 0.394 e. The minimum absolute atomic E-state index is 0.152. The summed E-state index contributed by atoms with van der Waals surface area (Å²) in [4.78, 5) is 36.5. The lowest BCUT2D eigenvalue weighted by atomic mass is 10.00. The third-order valence-corrected chi connectivity index (χ3v) is 13.1. The fourth-order valence-corrected chi connectivity index (χ4v) is 8.43. The van der Waals surface area contributed by atoms with E-state index in [0.29, 0.717) is 25.3 Å². The highest BCUT2D eigenvalue weighted by molar-refractivity contribution is 5.81. The van der Waals surface area contributed by atoms with Gasteiger partial charge in [0.15, 0.2) is 6.10 Å². The summed E-state index contributed by atoms with van der Waals surface area (Å²) in [5, 5.41) is 70.6. The van der Waals surface area contributed by atoms with Gasteiger partial charge in [0.25, 0.3) is 5.91 Å². The van der Waals surface area contributed by atoms with Crippen LogP contribution in [-0.2, 0) is 14.4 Å². The van der Waals surface area contributed by atoms with Gasteiger partial charge >= 0.3 is 0 Å². The van der Waals surface area contributed by atoms with Crippen LogP contribution in [-0.4, -0.2) is 159 Å². The van der Waals surface area contributed by atoms with Crippen molar-refractivity contribution in [3.63, 3.8) is 0 Å². The van der Waals surface area contributed by atoms with Crippen LogP contribution in [0.15, 0.2) is 0 Å². The van der Waals surface area contributed by atoms with E-state index in [-0.39, 0.29) is 11.8 Å². The van der Waals surface area contributed by atoms with Gasteiger partial charge in [-0.2, -0.15) is 0 Å². The zero-order chi connectivity index (χ0) is 51.4. The number of rotatable bonds is 56. The van der Waals surface area contributed by atoms with Gasteiger partial charge in [-0.3, -0.25) is 14.4 Å². The van der Waals surface area contributed by atoms with Crippen LogP contribution < -0.4 is 48.7 Å². The molecule has 0 radical (unpaired) electrons. The van der Waals surface area contributed by atoms with Crippen LogP contribution in [0.2, 0.25) is 0 Å². The van der Waals surface area contributed by atoms with Crippen LogP contribution in [0.4, 0.5) is 0 Å². The summed E-state index contributed by atoms with van der Waals surface area (Å²) in [6.07, 6.45) is 26.2. The normalized spacial score (nSPS) is 13.4. The molecule has 0 aromatic heterocycles. The molecular weight excluding hydrogens is 891 g/mol. The van der Waals surface area contributed by atoms with E-state index < -0.39 is 36.9 Å². The topological polar surface area (TPSA) is 289 Å². The zero-order valence-corrected chi connectivity index (χ0v) is 44.3. The number of unbranched alkanes of at least 4 members (excludes halogenated alkanes) is 21. The Labute approximate surface area is 426 Å². The predicted molar refractivity (Wildman–Crippen MR) is 286 cm³/mol. The van der Waals surface area contributed by atoms with Crippen molar-refractivity contribution in [3.05, 3.63) is 0 Å². The molecule has 4 atom stereocenters. The molecule has 0 saturated heterocycles. The van der Waals surface area contributed by atoms with Gasteiger partial charge in [-0.15, -0.1) is 0 Å². The molecule has 0 bridgehead atoms. The second kappa shape index (κ2) is 53.3. The summed E-state index contributed by atoms with van der Waals surface area (Å²) in [5.41, 5.74) is 11.2. The van der Waals surface area contributed by atoms with E-state index >= 15 is 0 Å². The quantitative estimate of drug-likeness (QED) is 0.0387. The molecule has 16 N–H and O–H groups in total. The molecule has 17 heteroatoms. The van der Waals surface area contributed by atoms with E-state index in [2.05, 4.69) is 37.2 Å². The summed E-state index contributed by atoms with van der Waals surface area (Å²) in [6.45, 7) is 11.0. The van der Waals surface area contributed by atoms with Crippen LogP contribution in [0.25, 0.3) is 0 Å². The van der Waals surface area contributed by atoms with Crippen LogP contribution in [0, 0.1) is 5.92 Å². The lowest BCUT2D eigenvalue weighted by molar-refractivity contribution is -0.148. The average molecular weight is 1000 g/mol. The fraction of sp³-hybridized carbons (Fsp3) is 0.943. The van der Waals surface area contributed by atoms with E-state index in [1.165, 1.54) is 83.5 Å². The second-order valence-corrected chi connectivity index (χ2v) is 19.7. The monoisotopic (exact) mass is 1000 g/mol. The van der Waals surface area contributed by atoms with Gasteiger partial charge in [-0.05, 0) is 148 Å². The molecule has 0 unspecified atom stereocenters. The smallest absolute Gasteiger partial charge is 0.251 e. The Hall–Kier alpha value is -2.03. The summed E-state index contributed by atoms with van der Waals surface area (Å²) in [6, 6.07) is 0. The fourth-order valence-electron chi connectivity index (χ4n) is 8.43. The third kappa shape index (κ3) is 45.8. The third-order valence-electron chi connectivity index (χ3n) is 13.1. The number of aliphatic hydroxyl groups is 5. The van der Waals surface area contributed by atoms with Crippen molar-refractivity contribution in [2.24, 2.45) is 17.4 Å². The van der Waals surface area contributed by atoms with Gasteiger partial charge in [0.05, 0.1) is 6.61 Å². The van der Waals surface area contributed by atoms with E-state index in [1.807, 2.05) is 0 Å². The Kier molecular flexibility index (Phi) is 51.7. The number of nitrogens with one attached hydrogen (secondary N) is 7. The molecule has 0 aliphatic heterocycles. The van der Waals surface area contributed by atoms with Crippen LogP contribution >= 0.6 is 0 Å². The van der Waals surface area contributed by atoms with Gasteiger partial charge in [-0.1, -0.05) is 109 Å². The van der Waals surface area contributed by atoms with E-state index in [0.717, 1.165) is 181 Å². The molecule has 70 heavy (non-hydrogen) atoms. The first kappa shape index (κ1) is 68.0. The van der Waals surface area contributed by atoms with Crippen molar-refractivity contribution in [1.82, 2.24) is 37.2 Å². The summed E-state index contributed by atoms with van der Waals surface area (Å²) >= 11 is 0. The van der Waals surface area contributed by atoms with Crippen molar-refractivity contribution in [3.8, 4) is 0 Å². The van der Waals surface area contributed by atoms with Crippen LogP contribution in [0.1, 0.15) is 199 Å². The van der Waals surface area contributed by atoms with E-state index in [9.17, 15) is 34.8 Å². The minimum Gasteiger partial charge on any atom is -0.394 e. The SMILES string of the molecule is NCCCNCCCCNCC(CCCCCCNC(=O)CCCCCCCCCCCNC(=O)CCCCCCCCCCCNC(=O)[C@H](O)[C@@H](O)[C@H](O)[C@H](O)CO)CNCCCCNCCCN. The molecule has 0 spiro atoms. The molecule has 416 valence electrons. The van der Waals surface area contributed by atoms with Crippen LogP contribution in [0.3, 0.4) is 0 Å². The second-order valence-electron chi connectivity index (χ2n) is 19.7. The summed E-state index contributed by atoms with van der Waals surface area (Å²) in [7, 11) is 0. The number of carbonyl (C=O) groups excluding carboxylic acids is 3. The Morgan fingerprint density at radius 2 is 0.700 bits per heavy atom. The summed E-state index contributed by atoms with van der Waals surface area (Å²) in [5.74, 6) is 0.167. The average Bonchev–Trinajstić information content (AvgIpc) is 3.36. The molecule has 17 nitrogen and oxygen atoms in total. The van der Waals surface area contributed by atoms with Crippen molar-refractivity contribution in [1.29, 1.82) is 0 Å². The Morgan fingerprint density at radius 1 is 0.371 bits per heavy atom. The van der Waals surface area contributed by atoms with Crippen molar-refractivity contribution >= 4 is 17.7 Å². The molecule has 0 aromatic rings. The van der Waals surface area contributed by atoms with Crippen molar-refractivity contribution in [2.75, 3.05) is 91.7 Å². The van der Waals surface area contributed by atoms with Crippen molar-refractivity contribution < 1.29 is 39.9 Å². The van der Waals surface area contributed by atoms with Gasteiger partial charge in [0.1, 0.15) is 18.3 Å². The molecule has 0 aliphatic rings. The number of hydrogen-bond acceptors (Lipinski definition) is 14. The predicted octanol–water partition coefficient (Wildman–Crippen LogP) is 3.76. The lowest BCUT2D eigenvalue weighted by Crippen LogP contribution is -2.51. The first-order valence-electron chi connectivity index (χ1n) is 28.5. The summed E-state index contributed by atoms with van der Waals surface area (Å²) < 4.78 is 0. The number of nitrogens with two attached hydrogens (primary N) is 2. The molecule has 0 aromatic carbocycles. The zero-order valence-electron chi connectivity index (χ0n) is 44.3. The van der Waals surface area contributed by atoms with Gasteiger partial charge in [0.2, 0.25) is 11.8 Å². The highest BCUT2D eigenvalue weighted by Gasteiger charge is 2.34. The van der Waals surface area contributed by atoms with Crippen LogP contribution in [0.5, 0.6) is 0 Å². The molecule has 0 rings (SSSR count). The Balaban J connectivity index is 3.69. The first-order valence-corrected chi connectivity index (χ1v) is 28.5. The number of hydrogen-bond donors (Lipinski definition) is 14. The van der Waals surface area contributed by atoms with E-state index in [1.54, 1.807) is 0 Å². The Bertz CT molecular complexity index is 1130. The minimum atomic E-state index is -1.89. The lowest BCUT2D eigenvalue weighted by Gasteiger charge is -2.24. The number of aliphatic hydroxyl groups excluding tert-OH is 5. The standard InChI is InChI=1S/C53H111N9O8/c54-32-27-38-56-34-23-25-36-58-43-46(44-59-37-26-24-35-57-39-28-33-55)29-17-13-16-21-41-61-49(66)31-19-11-7-3-1-5-9-14-20-40-60-48(65)30-18-12-8-4-2-6-10-15-22-42-62-53(70)52(69)51(68)50(67)47(64)45-63/h46-47,50-52,56-59,63-64,67-69H,1-45,54-55H2,(H,60,65)(H,61,66)(H,62,70)/t47-,50-,51+,52-/m1/s1. The maximum atomic E-state index is 12.4. The van der Waals surface area contributed by atoms with Crippen molar-refractivity contribution in [2.45, 2.75) is 223 Å². The van der Waals surface area contributed by atoms with Gasteiger partial charge in [-0.25, -0.2) is 0 Å². The molecular formula is C53H111N9O8. The van der Waals surface area contributed by atoms with Gasteiger partial charge < -0.3 is 74.2 Å². The Morgan fingerprint density at radius 3 is 1.10 bits per heavy atom. The van der Waals surface area contributed by atoms with Gasteiger partial charge in [0, 0.05) is 32.5 Å². The molecule has 3 amide bonds. The maximum Gasteiger partial charge on any atom is 0.251 e. The number of carbonyl (C=O) groups is 3. The molecule has 0 heterocycles. The maximum absolute atomic E-state index is 12.4. The highest BCUT2D eigenvalue weighted by Crippen LogP contribution is 2.14. The first-order chi connectivity index (χ1) is 34.2. The number of amides is 3. The highest BCUT2D eigenvalue weighted by atomic mass is 16.4. The molecule has 0 saturated carbocycles. The molecule has 0 aliphatic carbocycles.